The molecule has 0 bridgehead atoms. The van der Waals surface area contributed by atoms with Crippen LogP contribution in [0.15, 0.2) is 18.2 Å². The van der Waals surface area contributed by atoms with Crippen LogP contribution >= 0.6 is 34.3 Å². The zero-order valence-corrected chi connectivity index (χ0v) is 11.5. The molecule has 0 radical (unpaired) electrons. The molecule has 0 fully saturated rings. The topological polar surface area (TPSA) is 55.1 Å². The van der Waals surface area contributed by atoms with Crippen molar-refractivity contribution in [1.82, 2.24) is 5.32 Å². The van der Waals surface area contributed by atoms with Crippen LogP contribution < -0.4 is 11.1 Å². The predicted molar refractivity (Wildman–Crippen MR) is 74.0 cm³/mol. The second-order valence-electron chi connectivity index (χ2n) is 3.51. The normalized spacial score (nSPS) is 10.5. The van der Waals surface area contributed by atoms with Gasteiger partial charge in [0.15, 0.2) is 0 Å². The summed E-state index contributed by atoms with van der Waals surface area (Å²) < 4.78 is 0.727. The largest absolute Gasteiger partial charge is 0.398 e. The SMILES string of the molecule is Cc1sc(C(=O)NCc2ccc(Cl)s2)cc1N. The highest BCUT2D eigenvalue weighted by Crippen LogP contribution is 2.24. The average Bonchev–Trinajstić information content (AvgIpc) is 2.83. The zero-order valence-electron chi connectivity index (χ0n) is 9.12. The fourth-order valence-corrected chi connectivity index (χ4v) is 3.19. The first-order valence-corrected chi connectivity index (χ1v) is 6.95. The maximum atomic E-state index is 11.8. The van der Waals surface area contributed by atoms with Crippen LogP contribution in [0.25, 0.3) is 0 Å². The minimum atomic E-state index is -0.0978. The Morgan fingerprint density at radius 2 is 2.24 bits per heavy atom. The third-order valence-electron chi connectivity index (χ3n) is 2.23. The Balaban J connectivity index is 1.98. The summed E-state index contributed by atoms with van der Waals surface area (Å²) in [4.78, 5) is 14.4. The lowest BCUT2D eigenvalue weighted by Crippen LogP contribution is -2.21. The minimum absolute atomic E-state index is 0.0978. The Kier molecular flexibility index (Phi) is 3.71. The van der Waals surface area contributed by atoms with Crippen molar-refractivity contribution in [2.24, 2.45) is 0 Å². The number of nitrogens with one attached hydrogen (secondary N) is 1. The number of halogens is 1. The number of carbonyl (C=O) groups excluding carboxylic acids is 1. The molecule has 90 valence electrons. The molecule has 17 heavy (non-hydrogen) atoms. The van der Waals surface area contributed by atoms with Crippen molar-refractivity contribution < 1.29 is 4.79 Å². The third kappa shape index (κ3) is 3.00. The molecule has 0 aliphatic carbocycles. The highest BCUT2D eigenvalue weighted by molar-refractivity contribution is 7.16. The van der Waals surface area contributed by atoms with Crippen LogP contribution in [0.2, 0.25) is 4.34 Å². The van der Waals surface area contributed by atoms with Crippen LogP contribution in [0.4, 0.5) is 5.69 Å². The van der Waals surface area contributed by atoms with Gasteiger partial charge >= 0.3 is 0 Å². The van der Waals surface area contributed by atoms with Gasteiger partial charge in [-0.3, -0.25) is 4.79 Å². The Bertz CT molecular complexity index is 528. The summed E-state index contributed by atoms with van der Waals surface area (Å²) in [6.45, 7) is 2.39. The molecule has 3 N–H and O–H groups in total. The van der Waals surface area contributed by atoms with Gasteiger partial charge in [-0.2, -0.15) is 0 Å². The van der Waals surface area contributed by atoms with Crippen molar-refractivity contribution in [2.45, 2.75) is 13.5 Å². The smallest absolute Gasteiger partial charge is 0.261 e. The Hall–Kier alpha value is -1.04. The number of nitrogen functional groups attached to an aromatic ring is 1. The second kappa shape index (κ2) is 5.08. The molecule has 0 saturated heterocycles. The van der Waals surface area contributed by atoms with E-state index < -0.39 is 0 Å². The van der Waals surface area contributed by atoms with Crippen molar-refractivity contribution in [1.29, 1.82) is 0 Å². The predicted octanol–water partition coefficient (Wildman–Crippen LogP) is 3.28. The molecule has 0 spiro atoms. The van der Waals surface area contributed by atoms with Crippen LogP contribution in [0.1, 0.15) is 19.4 Å². The summed E-state index contributed by atoms with van der Waals surface area (Å²) in [6.07, 6.45) is 0. The van der Waals surface area contributed by atoms with Crippen molar-refractivity contribution >= 4 is 45.9 Å². The first-order valence-electron chi connectivity index (χ1n) is 4.94. The van der Waals surface area contributed by atoms with Gasteiger partial charge in [0, 0.05) is 15.4 Å². The zero-order chi connectivity index (χ0) is 12.4. The van der Waals surface area contributed by atoms with Gasteiger partial charge in [-0.05, 0) is 25.1 Å². The molecule has 0 aliphatic heterocycles. The number of aryl methyl sites for hydroxylation is 1. The van der Waals surface area contributed by atoms with E-state index in [0.717, 1.165) is 14.1 Å². The molecule has 0 saturated carbocycles. The van der Waals surface area contributed by atoms with Gasteiger partial charge in [-0.15, -0.1) is 22.7 Å². The van der Waals surface area contributed by atoms with E-state index >= 15 is 0 Å². The first-order chi connectivity index (χ1) is 8.06. The summed E-state index contributed by atoms with van der Waals surface area (Å²) in [7, 11) is 0. The Labute approximate surface area is 112 Å². The lowest BCUT2D eigenvalue weighted by Gasteiger charge is -2.00. The fourth-order valence-electron chi connectivity index (χ4n) is 1.31. The second-order valence-corrected chi connectivity index (χ2v) is 6.57. The van der Waals surface area contributed by atoms with E-state index in [4.69, 9.17) is 17.3 Å². The van der Waals surface area contributed by atoms with Gasteiger partial charge in [0.2, 0.25) is 0 Å². The molecule has 2 aromatic rings. The molecule has 2 aromatic heterocycles. The number of anilines is 1. The molecule has 0 aliphatic rings. The fraction of sp³-hybridized carbons (Fsp3) is 0.182. The third-order valence-corrected chi connectivity index (χ3v) is 4.53. The Morgan fingerprint density at radius 3 is 2.76 bits per heavy atom. The summed E-state index contributed by atoms with van der Waals surface area (Å²) in [6, 6.07) is 5.43. The molecule has 0 unspecified atom stereocenters. The summed E-state index contributed by atoms with van der Waals surface area (Å²) in [5, 5.41) is 2.84. The maximum absolute atomic E-state index is 11.8. The van der Waals surface area contributed by atoms with E-state index in [9.17, 15) is 4.79 Å². The molecule has 6 heteroatoms. The monoisotopic (exact) mass is 286 g/mol. The van der Waals surface area contributed by atoms with E-state index in [-0.39, 0.29) is 5.91 Å². The summed E-state index contributed by atoms with van der Waals surface area (Å²) in [5.41, 5.74) is 6.37. The lowest BCUT2D eigenvalue weighted by molar-refractivity contribution is 0.0955. The van der Waals surface area contributed by atoms with Crippen LogP contribution in [0, 0.1) is 6.92 Å². The quantitative estimate of drug-likeness (QED) is 0.910. The average molecular weight is 287 g/mol. The van der Waals surface area contributed by atoms with Crippen LogP contribution in [0.5, 0.6) is 0 Å². The molecular weight excluding hydrogens is 276 g/mol. The molecular formula is C11H11ClN2OS2. The number of rotatable bonds is 3. The number of thiophene rings is 2. The summed E-state index contributed by atoms with van der Waals surface area (Å²) in [5.74, 6) is -0.0978. The maximum Gasteiger partial charge on any atom is 0.261 e. The number of carbonyl (C=O) groups is 1. The van der Waals surface area contributed by atoms with Crippen LogP contribution in [-0.4, -0.2) is 5.91 Å². The number of hydrogen-bond donors (Lipinski definition) is 2. The first kappa shape index (κ1) is 12.4. The van der Waals surface area contributed by atoms with Crippen LogP contribution in [-0.2, 0) is 6.54 Å². The van der Waals surface area contributed by atoms with Gasteiger partial charge in [-0.1, -0.05) is 11.6 Å². The molecule has 0 atom stereocenters. The van der Waals surface area contributed by atoms with Crippen LogP contribution in [0.3, 0.4) is 0 Å². The molecule has 3 nitrogen and oxygen atoms in total. The van der Waals surface area contributed by atoms with Gasteiger partial charge in [-0.25, -0.2) is 0 Å². The van der Waals surface area contributed by atoms with Gasteiger partial charge in [0.25, 0.3) is 5.91 Å². The van der Waals surface area contributed by atoms with E-state index in [1.165, 1.54) is 22.7 Å². The van der Waals surface area contributed by atoms with Crippen molar-refractivity contribution in [3.8, 4) is 0 Å². The van der Waals surface area contributed by atoms with Crippen molar-refractivity contribution in [3.63, 3.8) is 0 Å². The van der Waals surface area contributed by atoms with Gasteiger partial charge in [0.05, 0.1) is 15.8 Å². The van der Waals surface area contributed by atoms with Crippen molar-refractivity contribution in [2.75, 3.05) is 5.73 Å². The van der Waals surface area contributed by atoms with E-state index in [0.29, 0.717) is 17.1 Å². The van der Waals surface area contributed by atoms with Gasteiger partial charge in [0.1, 0.15) is 0 Å². The van der Waals surface area contributed by atoms with Gasteiger partial charge < -0.3 is 11.1 Å². The molecule has 2 rings (SSSR count). The lowest BCUT2D eigenvalue weighted by atomic mass is 10.3. The number of nitrogens with two attached hydrogens (primary N) is 1. The highest BCUT2D eigenvalue weighted by Gasteiger charge is 2.10. The molecule has 1 amide bonds. The minimum Gasteiger partial charge on any atom is -0.398 e. The molecule has 2 heterocycles. The number of amides is 1. The van der Waals surface area contributed by atoms with E-state index in [1.807, 2.05) is 19.1 Å². The highest BCUT2D eigenvalue weighted by atomic mass is 35.5. The summed E-state index contributed by atoms with van der Waals surface area (Å²) >= 11 is 8.67. The van der Waals surface area contributed by atoms with E-state index in [2.05, 4.69) is 5.32 Å². The van der Waals surface area contributed by atoms with E-state index in [1.54, 1.807) is 6.07 Å². The Morgan fingerprint density at radius 1 is 1.47 bits per heavy atom. The number of hydrogen-bond acceptors (Lipinski definition) is 4. The molecule has 0 aromatic carbocycles. The van der Waals surface area contributed by atoms with Crippen molar-refractivity contribution in [3.05, 3.63) is 37.2 Å². The standard InChI is InChI=1S/C11H11ClN2OS2/c1-6-8(13)4-9(16-6)11(15)14-5-7-2-3-10(12)17-7/h2-4H,5,13H2,1H3,(H,14,15).